The topological polar surface area (TPSA) is 131 Å². The number of nitrogens with zero attached hydrogens (tertiary/aromatic N) is 11. The van der Waals surface area contributed by atoms with Crippen molar-refractivity contribution in [2.24, 2.45) is 35.5 Å². The Kier molecular flexibility index (Phi) is 13.1. The molecule has 11 aliphatic rings. The van der Waals surface area contributed by atoms with E-state index in [-0.39, 0.29) is 33.4 Å². The Hall–Kier alpha value is -6.84. The third-order valence-corrected chi connectivity index (χ3v) is 21.4. The van der Waals surface area contributed by atoms with Crippen LogP contribution in [0, 0.1) is 62.1 Å². The van der Waals surface area contributed by atoms with Crippen LogP contribution in [0.5, 0.6) is 0 Å². The number of aryl methyl sites for hydroxylation is 1. The van der Waals surface area contributed by atoms with E-state index in [0.717, 1.165) is 104 Å². The average molecular weight is 1110 g/mol. The summed E-state index contributed by atoms with van der Waals surface area (Å²) in [5, 5.41) is 31.4. The van der Waals surface area contributed by atoms with Gasteiger partial charge in [0.2, 0.25) is 11.7 Å². The number of rotatable bonds is 9. The zero-order valence-electron chi connectivity index (χ0n) is 47.6. The average Bonchev–Trinajstić information content (AvgIpc) is 3.35. The Morgan fingerprint density at radius 3 is 1.66 bits per heavy atom. The fourth-order valence-electron chi connectivity index (χ4n) is 18.3. The number of benzene rings is 4. The molecule has 0 unspecified atom stereocenters. The van der Waals surface area contributed by atoms with Gasteiger partial charge >= 0.3 is 6.18 Å². The summed E-state index contributed by atoms with van der Waals surface area (Å²) in [6.45, 7) is 8.43. The molecule has 8 aromatic rings. The zero-order chi connectivity index (χ0) is 56.2. The van der Waals surface area contributed by atoms with E-state index in [1.807, 2.05) is 0 Å². The molecule has 16 heteroatoms. The molecule has 426 valence electrons. The molecule has 0 spiro atoms. The van der Waals surface area contributed by atoms with Crippen molar-refractivity contribution in [2.75, 3.05) is 0 Å². The molecule has 0 N–H and O–H groups in total. The number of para-hydroxylation sites is 1. The van der Waals surface area contributed by atoms with Gasteiger partial charge in [-0.1, -0.05) is 94.5 Å². The maximum atomic E-state index is 13.6. The van der Waals surface area contributed by atoms with Crippen molar-refractivity contribution in [3.05, 3.63) is 149 Å². The van der Waals surface area contributed by atoms with Crippen LogP contribution < -0.4 is 0 Å². The zero-order valence-corrected chi connectivity index (χ0v) is 47.6. The summed E-state index contributed by atoms with van der Waals surface area (Å²) in [6, 6.07) is 30.5. The van der Waals surface area contributed by atoms with Gasteiger partial charge in [0.05, 0.1) is 45.1 Å². The van der Waals surface area contributed by atoms with Crippen molar-refractivity contribution in [2.45, 2.75) is 178 Å². The number of fused-ring (bicyclic) bond motifs is 3. The van der Waals surface area contributed by atoms with Gasteiger partial charge in [-0.3, -0.25) is 0 Å². The van der Waals surface area contributed by atoms with Crippen molar-refractivity contribution in [3.63, 3.8) is 0 Å². The molecule has 4 aromatic carbocycles. The summed E-state index contributed by atoms with van der Waals surface area (Å²) in [6.07, 6.45) is 18.2. The quantitative estimate of drug-likeness (QED) is 0.130. The molecular weight excluding hydrogens is 1040 g/mol. The summed E-state index contributed by atoms with van der Waals surface area (Å²) in [5.41, 5.74) is 9.94. The summed E-state index contributed by atoms with van der Waals surface area (Å²) in [7, 11) is 0. The van der Waals surface area contributed by atoms with E-state index < -0.39 is 11.7 Å². The summed E-state index contributed by atoms with van der Waals surface area (Å²) >= 11 is 0. The molecule has 12 nitrogen and oxygen atoms in total. The Morgan fingerprint density at radius 1 is 0.549 bits per heavy atom. The molecule has 11 fully saturated rings. The molecule has 0 atom stereocenters. The van der Waals surface area contributed by atoms with Crippen molar-refractivity contribution >= 4 is 0 Å². The van der Waals surface area contributed by atoms with E-state index >= 15 is 0 Å². The molecule has 4 aromatic heterocycles. The molecular formula is C66H73F4N11O. The number of aromatic nitrogens is 11. The second-order valence-corrected chi connectivity index (χ2v) is 26.5. The van der Waals surface area contributed by atoms with Gasteiger partial charge in [-0.15, -0.1) is 15.3 Å². The van der Waals surface area contributed by atoms with Crippen molar-refractivity contribution in [1.82, 2.24) is 55.1 Å². The Balaban J connectivity index is 0.000000114. The normalized spacial score (nSPS) is 30.0. The van der Waals surface area contributed by atoms with E-state index in [1.165, 1.54) is 134 Å². The lowest BCUT2D eigenvalue weighted by atomic mass is 9.52. The monoisotopic (exact) mass is 1110 g/mol. The standard InChI is InChI=1S/C26H23F4N5O.2C20H25N3/c1-16-21(32-34-35(16)20-5-3-2-4-19(20)26(28,29)30)24-10-13-25(14-11-24,15-12-24)23-31-22(33-36-23)17-6-8-18(27)9-7-17;1-13-5-3-4-6-18(13)19-14(2)23(22-21-19)20-10-15-7-16(11-20)9-17(8-15)12-20;1-2-18-19(17-6-4-3-5-7-17)21-22-23(18)20-11-14-8-15(12-20)10-16(9-14)13-20/h2-9H,10-15H2,1H3;3-6,15-17H,7-12H2,1-2H3;3-7,14-16H,2,8-13H2,1H3. The SMILES string of the molecule is CCc1c(-c2ccccc2)nnn1C12CC3CC(CC(C3)C1)C2.Cc1c(C23CCC(c4nc(-c5ccc(F)cc5)no4)(CC2)CC3)nnn1-c1ccccc1C(F)(F)F.Cc1ccccc1-c1nnn(C23CC4CC(CC(C4)C2)C3)c1C. The minimum atomic E-state index is -4.49. The van der Waals surface area contributed by atoms with E-state index in [4.69, 9.17) is 9.74 Å². The Bertz CT molecular complexity index is 3530. The summed E-state index contributed by atoms with van der Waals surface area (Å²) in [4.78, 5) is 4.65. The largest absolute Gasteiger partial charge is 0.418 e. The van der Waals surface area contributed by atoms with Gasteiger partial charge in [0.25, 0.3) is 0 Å². The van der Waals surface area contributed by atoms with Gasteiger partial charge in [0.1, 0.15) is 17.2 Å². The number of alkyl halides is 3. The molecule has 11 aliphatic carbocycles. The fourth-order valence-corrected chi connectivity index (χ4v) is 18.3. The summed E-state index contributed by atoms with van der Waals surface area (Å²) < 4.78 is 65.8. The van der Waals surface area contributed by atoms with Gasteiger partial charge in [0, 0.05) is 27.5 Å². The van der Waals surface area contributed by atoms with E-state index in [2.05, 4.69) is 121 Å². The van der Waals surface area contributed by atoms with Crippen LogP contribution in [0.1, 0.15) is 162 Å². The highest BCUT2D eigenvalue weighted by molar-refractivity contribution is 5.65. The number of hydrogen-bond donors (Lipinski definition) is 0. The lowest BCUT2D eigenvalue weighted by molar-refractivity contribution is -0.137. The van der Waals surface area contributed by atoms with E-state index in [1.54, 1.807) is 25.1 Å². The van der Waals surface area contributed by atoms with Crippen LogP contribution >= 0.6 is 0 Å². The van der Waals surface area contributed by atoms with Crippen LogP contribution in [0.2, 0.25) is 0 Å². The van der Waals surface area contributed by atoms with Crippen molar-refractivity contribution in [3.8, 4) is 39.6 Å². The van der Waals surface area contributed by atoms with Gasteiger partial charge in [-0.25, -0.2) is 18.4 Å². The number of halogens is 4. The van der Waals surface area contributed by atoms with Gasteiger partial charge in [-0.2, -0.15) is 18.2 Å². The Morgan fingerprint density at radius 2 is 1.07 bits per heavy atom. The molecule has 0 saturated heterocycles. The van der Waals surface area contributed by atoms with Crippen molar-refractivity contribution in [1.29, 1.82) is 0 Å². The van der Waals surface area contributed by atoms with E-state index in [0.29, 0.717) is 23.0 Å². The van der Waals surface area contributed by atoms with Crippen LogP contribution in [0.25, 0.3) is 39.6 Å². The van der Waals surface area contributed by atoms with Crippen LogP contribution in [0.4, 0.5) is 17.6 Å². The van der Waals surface area contributed by atoms with E-state index in [9.17, 15) is 17.6 Å². The predicted octanol–water partition coefficient (Wildman–Crippen LogP) is 15.2. The minimum Gasteiger partial charge on any atom is -0.338 e. The molecule has 0 aliphatic heterocycles. The highest BCUT2D eigenvalue weighted by Gasteiger charge is 2.56. The fraction of sp³-hybridized carbons (Fsp3) is 0.515. The highest BCUT2D eigenvalue weighted by Crippen LogP contribution is 2.62. The second-order valence-electron chi connectivity index (χ2n) is 26.5. The predicted molar refractivity (Wildman–Crippen MR) is 304 cm³/mol. The molecule has 19 rings (SSSR count). The molecule has 4 heterocycles. The molecule has 0 radical (unpaired) electrons. The van der Waals surface area contributed by atoms with Gasteiger partial charge < -0.3 is 4.52 Å². The lowest BCUT2D eigenvalue weighted by Gasteiger charge is -2.56. The van der Waals surface area contributed by atoms with Crippen LogP contribution in [0.15, 0.2) is 108 Å². The van der Waals surface area contributed by atoms with Crippen LogP contribution in [-0.2, 0) is 34.5 Å². The smallest absolute Gasteiger partial charge is 0.338 e. The first kappa shape index (κ1) is 53.2. The van der Waals surface area contributed by atoms with Crippen LogP contribution in [-0.4, -0.2) is 55.1 Å². The third-order valence-electron chi connectivity index (χ3n) is 21.4. The first-order valence-electron chi connectivity index (χ1n) is 30.3. The van der Waals surface area contributed by atoms with Gasteiger partial charge in [0.15, 0.2) is 0 Å². The van der Waals surface area contributed by atoms with Gasteiger partial charge in [-0.05, 0) is 220 Å². The summed E-state index contributed by atoms with van der Waals surface area (Å²) in [5.74, 6) is 6.33. The maximum Gasteiger partial charge on any atom is 0.418 e. The molecule has 0 amide bonds. The lowest BCUT2D eigenvalue weighted by Crippen LogP contribution is -2.52. The Labute approximate surface area is 476 Å². The maximum absolute atomic E-state index is 13.6. The van der Waals surface area contributed by atoms with Crippen molar-refractivity contribution < 1.29 is 22.1 Å². The molecule has 82 heavy (non-hydrogen) atoms. The second kappa shape index (κ2) is 20.2. The first-order valence-corrected chi connectivity index (χ1v) is 30.3. The number of hydrogen-bond acceptors (Lipinski definition) is 9. The minimum absolute atomic E-state index is 0.0159. The molecule has 11 saturated carbocycles. The van der Waals surface area contributed by atoms with Crippen LogP contribution in [0.3, 0.4) is 0 Å². The third kappa shape index (κ3) is 9.14. The molecule has 10 bridgehead atoms. The highest BCUT2D eigenvalue weighted by atomic mass is 19.4. The first-order chi connectivity index (χ1) is 39.6.